The maximum Gasteiger partial charge on any atom is 0.227 e. The minimum Gasteiger partial charge on any atom is -0.354 e. The number of likely N-dealkylation sites (N-methyl/N-ethyl adjacent to an activating group) is 1. The second-order valence-corrected chi connectivity index (χ2v) is 5.68. The van der Waals surface area contributed by atoms with Gasteiger partial charge in [-0.15, -0.1) is 0 Å². The van der Waals surface area contributed by atoms with E-state index in [0.29, 0.717) is 23.3 Å². The number of amides is 1. The fourth-order valence-corrected chi connectivity index (χ4v) is 2.34. The van der Waals surface area contributed by atoms with Crippen molar-refractivity contribution in [3.05, 3.63) is 46.6 Å². The van der Waals surface area contributed by atoms with E-state index in [0.717, 1.165) is 5.56 Å². The van der Waals surface area contributed by atoms with E-state index < -0.39 is 0 Å². The third-order valence-electron chi connectivity index (χ3n) is 3.24. The average molecular weight is 323 g/mol. The molecule has 1 N–H and O–H groups in total. The molecule has 0 saturated carbocycles. The van der Waals surface area contributed by atoms with Crippen LogP contribution in [0.5, 0.6) is 0 Å². The second kappa shape index (κ2) is 7.38. The summed E-state index contributed by atoms with van der Waals surface area (Å²) in [7, 11) is 3.92. The van der Waals surface area contributed by atoms with Crippen LogP contribution in [0.2, 0.25) is 5.02 Å². The number of halogens is 1. The van der Waals surface area contributed by atoms with Crippen molar-refractivity contribution in [3.8, 4) is 0 Å². The molecule has 1 aromatic carbocycles. The predicted molar refractivity (Wildman–Crippen MR) is 83.6 cm³/mol. The van der Waals surface area contributed by atoms with Gasteiger partial charge in [-0.3, -0.25) is 4.79 Å². The van der Waals surface area contributed by atoms with Crippen molar-refractivity contribution in [2.24, 2.45) is 0 Å². The minimum atomic E-state index is -0.144. The zero-order valence-electron chi connectivity index (χ0n) is 12.8. The lowest BCUT2D eigenvalue weighted by Crippen LogP contribution is -2.35. The van der Waals surface area contributed by atoms with Gasteiger partial charge in [0.05, 0.1) is 12.5 Å². The maximum absolute atomic E-state index is 12.0. The number of nitrogens with one attached hydrogen (secondary N) is 1. The first-order valence-corrected chi connectivity index (χ1v) is 7.31. The van der Waals surface area contributed by atoms with Gasteiger partial charge in [0.2, 0.25) is 11.8 Å². The van der Waals surface area contributed by atoms with Gasteiger partial charge in [0, 0.05) is 18.5 Å². The third-order valence-corrected chi connectivity index (χ3v) is 3.47. The number of nitrogens with zero attached hydrogens (tertiary/aromatic N) is 3. The third kappa shape index (κ3) is 4.54. The number of rotatable bonds is 6. The quantitative estimate of drug-likeness (QED) is 0.880. The Morgan fingerprint density at radius 3 is 2.82 bits per heavy atom. The van der Waals surface area contributed by atoms with Crippen LogP contribution in [0.1, 0.15) is 23.3 Å². The fourth-order valence-electron chi connectivity index (χ4n) is 2.14. The Balaban J connectivity index is 1.95. The fraction of sp³-hybridized carbons (Fsp3) is 0.400. The number of hydrogen-bond acceptors (Lipinski definition) is 5. The number of carbonyl (C=O) groups excluding carboxylic acids is 1. The zero-order chi connectivity index (χ0) is 16.1. The standard InChI is InChI=1S/C15H19ClN4O2/c1-10-18-14(19-22-10)8-15(21)17-9-13(20(2)3)11-5-4-6-12(16)7-11/h4-7,13H,8-9H2,1-3H3,(H,17,21). The summed E-state index contributed by atoms with van der Waals surface area (Å²) in [6, 6.07) is 7.66. The largest absolute Gasteiger partial charge is 0.354 e. The van der Waals surface area contributed by atoms with Crippen molar-refractivity contribution in [1.82, 2.24) is 20.4 Å². The summed E-state index contributed by atoms with van der Waals surface area (Å²) in [5.74, 6) is 0.696. The molecule has 1 amide bonds. The highest BCUT2D eigenvalue weighted by Crippen LogP contribution is 2.20. The molecule has 1 aromatic heterocycles. The number of aromatic nitrogens is 2. The Morgan fingerprint density at radius 1 is 1.45 bits per heavy atom. The van der Waals surface area contributed by atoms with E-state index in [-0.39, 0.29) is 18.4 Å². The number of aryl methyl sites for hydroxylation is 1. The van der Waals surface area contributed by atoms with Gasteiger partial charge in [0.25, 0.3) is 0 Å². The van der Waals surface area contributed by atoms with E-state index in [1.54, 1.807) is 6.92 Å². The Hall–Kier alpha value is -1.92. The van der Waals surface area contributed by atoms with E-state index in [9.17, 15) is 4.79 Å². The van der Waals surface area contributed by atoms with E-state index in [2.05, 4.69) is 15.5 Å². The molecule has 0 aliphatic carbocycles. The summed E-state index contributed by atoms with van der Waals surface area (Å²) in [6.45, 7) is 2.17. The van der Waals surface area contributed by atoms with Crippen LogP contribution in [0.3, 0.4) is 0 Å². The highest BCUT2D eigenvalue weighted by atomic mass is 35.5. The Kier molecular flexibility index (Phi) is 5.51. The van der Waals surface area contributed by atoms with Gasteiger partial charge in [0.1, 0.15) is 0 Å². The van der Waals surface area contributed by atoms with E-state index in [1.807, 2.05) is 43.3 Å². The molecule has 6 nitrogen and oxygen atoms in total. The van der Waals surface area contributed by atoms with Crippen LogP contribution < -0.4 is 5.32 Å². The van der Waals surface area contributed by atoms with Crippen molar-refractivity contribution in [2.45, 2.75) is 19.4 Å². The van der Waals surface area contributed by atoms with Gasteiger partial charge in [-0.05, 0) is 31.8 Å². The van der Waals surface area contributed by atoms with Crippen molar-refractivity contribution in [3.63, 3.8) is 0 Å². The smallest absolute Gasteiger partial charge is 0.227 e. The molecule has 0 radical (unpaired) electrons. The van der Waals surface area contributed by atoms with Crippen molar-refractivity contribution in [2.75, 3.05) is 20.6 Å². The van der Waals surface area contributed by atoms with Crippen LogP contribution in [0.15, 0.2) is 28.8 Å². The molecular weight excluding hydrogens is 304 g/mol. The SMILES string of the molecule is Cc1nc(CC(=O)NCC(c2cccc(Cl)c2)N(C)C)no1. The molecule has 0 saturated heterocycles. The lowest BCUT2D eigenvalue weighted by atomic mass is 10.1. The summed E-state index contributed by atoms with van der Waals surface area (Å²) < 4.78 is 4.85. The summed E-state index contributed by atoms with van der Waals surface area (Å²) in [5.41, 5.74) is 1.05. The monoisotopic (exact) mass is 322 g/mol. The molecule has 0 aliphatic rings. The molecule has 0 bridgehead atoms. The number of carbonyl (C=O) groups is 1. The highest BCUT2D eigenvalue weighted by molar-refractivity contribution is 6.30. The van der Waals surface area contributed by atoms with Crippen LogP contribution in [0.4, 0.5) is 0 Å². The molecular formula is C15H19ClN4O2. The Bertz CT molecular complexity index is 642. The van der Waals surface area contributed by atoms with Gasteiger partial charge in [-0.25, -0.2) is 0 Å². The molecule has 1 unspecified atom stereocenters. The lowest BCUT2D eigenvalue weighted by molar-refractivity contribution is -0.120. The summed E-state index contributed by atoms with van der Waals surface area (Å²) >= 11 is 6.03. The number of hydrogen-bond donors (Lipinski definition) is 1. The molecule has 0 aliphatic heterocycles. The first-order chi connectivity index (χ1) is 10.5. The van der Waals surface area contributed by atoms with Crippen molar-refractivity contribution < 1.29 is 9.32 Å². The summed E-state index contributed by atoms with van der Waals surface area (Å²) in [5, 5.41) is 7.29. The molecule has 1 atom stereocenters. The predicted octanol–water partition coefficient (Wildman–Crippen LogP) is 1.99. The molecule has 118 valence electrons. The molecule has 0 fully saturated rings. The molecule has 7 heteroatoms. The molecule has 2 aromatic rings. The van der Waals surface area contributed by atoms with Gasteiger partial charge in [0.15, 0.2) is 5.82 Å². The Labute approximate surface area is 134 Å². The van der Waals surface area contributed by atoms with Crippen LogP contribution in [0.25, 0.3) is 0 Å². The first-order valence-electron chi connectivity index (χ1n) is 6.93. The van der Waals surface area contributed by atoms with Gasteiger partial charge < -0.3 is 14.7 Å². The Morgan fingerprint density at radius 2 is 2.23 bits per heavy atom. The van der Waals surface area contributed by atoms with Crippen LogP contribution >= 0.6 is 11.6 Å². The lowest BCUT2D eigenvalue weighted by Gasteiger charge is -2.25. The first kappa shape index (κ1) is 16.5. The summed E-state index contributed by atoms with van der Waals surface area (Å²) in [6.07, 6.45) is 0.104. The average Bonchev–Trinajstić information content (AvgIpc) is 2.84. The van der Waals surface area contributed by atoms with E-state index in [4.69, 9.17) is 16.1 Å². The highest BCUT2D eigenvalue weighted by Gasteiger charge is 2.16. The topological polar surface area (TPSA) is 71.3 Å². The molecule has 22 heavy (non-hydrogen) atoms. The van der Waals surface area contributed by atoms with Crippen molar-refractivity contribution >= 4 is 17.5 Å². The van der Waals surface area contributed by atoms with Gasteiger partial charge in [-0.1, -0.05) is 28.9 Å². The van der Waals surface area contributed by atoms with E-state index >= 15 is 0 Å². The van der Waals surface area contributed by atoms with Crippen molar-refractivity contribution in [1.29, 1.82) is 0 Å². The zero-order valence-corrected chi connectivity index (χ0v) is 13.6. The van der Waals surface area contributed by atoms with Gasteiger partial charge >= 0.3 is 0 Å². The van der Waals surface area contributed by atoms with Crippen LogP contribution in [-0.2, 0) is 11.2 Å². The maximum atomic E-state index is 12.0. The van der Waals surface area contributed by atoms with E-state index in [1.165, 1.54) is 0 Å². The second-order valence-electron chi connectivity index (χ2n) is 5.24. The van der Waals surface area contributed by atoms with Crippen LogP contribution in [-0.4, -0.2) is 41.6 Å². The van der Waals surface area contributed by atoms with Crippen LogP contribution in [0, 0.1) is 6.92 Å². The molecule has 2 rings (SSSR count). The minimum absolute atomic E-state index is 0.0367. The molecule has 0 spiro atoms. The van der Waals surface area contributed by atoms with Gasteiger partial charge in [-0.2, -0.15) is 4.98 Å². The normalized spacial score (nSPS) is 12.4. The molecule has 1 heterocycles. The number of benzene rings is 1. The summed E-state index contributed by atoms with van der Waals surface area (Å²) in [4.78, 5) is 18.0.